The highest BCUT2D eigenvalue weighted by atomic mass is 32.2. The van der Waals surface area contributed by atoms with Gasteiger partial charge in [0, 0.05) is 31.2 Å². The molecule has 1 aromatic rings. The number of fused-ring (bicyclic) bond motifs is 2. The number of halogens is 1. The van der Waals surface area contributed by atoms with Crippen LogP contribution in [0.3, 0.4) is 0 Å². The largest absolute Gasteiger partial charge is 0.310 e. The molecule has 1 aromatic carbocycles. The van der Waals surface area contributed by atoms with E-state index >= 15 is 0 Å². The number of benzene rings is 1. The molecule has 2 aliphatic heterocycles. The Morgan fingerprint density at radius 3 is 2.73 bits per heavy atom. The third-order valence-corrected chi connectivity index (χ3v) is 6.16. The summed E-state index contributed by atoms with van der Waals surface area (Å²) in [5.74, 6) is -1.09. The molecular formula is C13H16FN3O4S. The highest BCUT2D eigenvalue weighted by molar-refractivity contribution is 7.89. The first-order chi connectivity index (χ1) is 10.4. The molecule has 0 saturated carbocycles. The summed E-state index contributed by atoms with van der Waals surface area (Å²) in [6.45, 7) is 0.451. The van der Waals surface area contributed by atoms with Gasteiger partial charge in [-0.05, 0) is 25.3 Å². The number of hydrogen-bond donors (Lipinski definition) is 1. The van der Waals surface area contributed by atoms with Crippen molar-refractivity contribution in [3.63, 3.8) is 0 Å². The molecule has 9 heteroatoms. The van der Waals surface area contributed by atoms with Crippen LogP contribution < -0.4 is 5.32 Å². The number of rotatable bonds is 3. The Balaban J connectivity index is 2.01. The summed E-state index contributed by atoms with van der Waals surface area (Å²) in [6, 6.07) is 3.37. The third-order valence-electron chi connectivity index (χ3n) is 4.23. The van der Waals surface area contributed by atoms with Gasteiger partial charge in [0.1, 0.15) is 5.82 Å². The number of nitro groups is 1. The van der Waals surface area contributed by atoms with E-state index in [1.807, 2.05) is 0 Å². The molecule has 0 spiro atoms. The molecule has 7 nitrogen and oxygen atoms in total. The summed E-state index contributed by atoms with van der Waals surface area (Å²) in [5, 5.41) is 14.4. The Morgan fingerprint density at radius 2 is 2.00 bits per heavy atom. The van der Waals surface area contributed by atoms with Crippen molar-refractivity contribution in [2.45, 2.75) is 36.2 Å². The first-order valence-electron chi connectivity index (χ1n) is 7.08. The Labute approximate surface area is 127 Å². The lowest BCUT2D eigenvalue weighted by Gasteiger charge is -2.23. The molecule has 2 heterocycles. The Kier molecular flexibility index (Phi) is 3.87. The maximum absolute atomic E-state index is 14.0. The predicted molar refractivity (Wildman–Crippen MR) is 76.4 cm³/mol. The normalized spacial score (nSPS) is 25.9. The Bertz CT molecular complexity index is 709. The number of nitrogens with zero attached hydrogens (tertiary/aromatic N) is 2. The zero-order chi connectivity index (χ0) is 15.9. The number of nitrogens with one attached hydrogen (secondary N) is 1. The second-order valence-corrected chi connectivity index (χ2v) is 7.51. The van der Waals surface area contributed by atoms with Crippen LogP contribution in [0.4, 0.5) is 10.1 Å². The van der Waals surface area contributed by atoms with Crippen molar-refractivity contribution in [1.82, 2.24) is 9.62 Å². The van der Waals surface area contributed by atoms with E-state index in [9.17, 15) is 22.9 Å². The molecule has 2 unspecified atom stereocenters. The molecular weight excluding hydrogens is 313 g/mol. The minimum Gasteiger partial charge on any atom is -0.310 e. The number of sulfonamides is 1. The van der Waals surface area contributed by atoms with Crippen molar-refractivity contribution in [3.8, 4) is 0 Å². The van der Waals surface area contributed by atoms with Gasteiger partial charge in [-0.1, -0.05) is 6.07 Å². The van der Waals surface area contributed by atoms with Gasteiger partial charge in [0.05, 0.1) is 4.92 Å². The van der Waals surface area contributed by atoms with Crippen molar-refractivity contribution < 1.29 is 17.7 Å². The van der Waals surface area contributed by atoms with E-state index in [4.69, 9.17) is 0 Å². The van der Waals surface area contributed by atoms with Crippen LogP contribution in [0.15, 0.2) is 23.1 Å². The second kappa shape index (κ2) is 5.56. The van der Waals surface area contributed by atoms with Crippen LogP contribution in [0.1, 0.15) is 19.3 Å². The highest BCUT2D eigenvalue weighted by Gasteiger charge is 2.39. The quantitative estimate of drug-likeness (QED) is 0.665. The van der Waals surface area contributed by atoms with Gasteiger partial charge in [0.15, 0.2) is 4.90 Å². The van der Waals surface area contributed by atoms with E-state index < -0.39 is 31.3 Å². The molecule has 2 saturated heterocycles. The fourth-order valence-electron chi connectivity index (χ4n) is 3.15. The van der Waals surface area contributed by atoms with E-state index in [0.717, 1.165) is 35.3 Å². The van der Waals surface area contributed by atoms with Crippen molar-refractivity contribution in [2.75, 3.05) is 13.1 Å². The zero-order valence-electron chi connectivity index (χ0n) is 11.7. The summed E-state index contributed by atoms with van der Waals surface area (Å²) in [6.07, 6.45) is 2.48. The molecule has 2 fully saturated rings. The molecule has 1 N–H and O–H groups in total. The summed E-state index contributed by atoms with van der Waals surface area (Å²) < 4.78 is 40.6. The minimum absolute atomic E-state index is 0.0214. The van der Waals surface area contributed by atoms with Crippen molar-refractivity contribution in [2.24, 2.45) is 0 Å². The first kappa shape index (κ1) is 15.3. The van der Waals surface area contributed by atoms with Crippen molar-refractivity contribution in [3.05, 3.63) is 34.1 Å². The number of nitro benzene ring substituents is 1. The Hall–Kier alpha value is -1.58. The summed E-state index contributed by atoms with van der Waals surface area (Å²) in [4.78, 5) is 9.34. The summed E-state index contributed by atoms with van der Waals surface area (Å²) >= 11 is 0. The molecule has 2 aliphatic rings. The van der Waals surface area contributed by atoms with Crippen LogP contribution in [0.2, 0.25) is 0 Å². The number of hydrogen-bond acceptors (Lipinski definition) is 5. The molecule has 2 atom stereocenters. The van der Waals surface area contributed by atoms with Gasteiger partial charge in [-0.2, -0.15) is 4.31 Å². The van der Waals surface area contributed by atoms with Crippen LogP contribution in [-0.4, -0.2) is 42.8 Å². The van der Waals surface area contributed by atoms with Crippen LogP contribution in [0, 0.1) is 15.9 Å². The fraction of sp³-hybridized carbons (Fsp3) is 0.538. The van der Waals surface area contributed by atoms with E-state index in [-0.39, 0.29) is 25.2 Å². The standard InChI is InChI=1S/C13H16FN3O4S/c14-11-2-1-3-12(17(18)19)13(11)22(20,21)16-7-6-9-4-5-10(8-16)15-9/h1-3,9-10,15H,4-8H2. The molecule has 2 bridgehead atoms. The molecule has 22 heavy (non-hydrogen) atoms. The van der Waals surface area contributed by atoms with Gasteiger partial charge in [0.25, 0.3) is 15.7 Å². The summed E-state index contributed by atoms with van der Waals surface area (Å²) in [5.41, 5.74) is -0.720. The monoisotopic (exact) mass is 329 g/mol. The Morgan fingerprint density at radius 1 is 1.27 bits per heavy atom. The van der Waals surface area contributed by atoms with E-state index in [1.54, 1.807) is 0 Å². The lowest BCUT2D eigenvalue weighted by Crippen LogP contribution is -2.39. The van der Waals surface area contributed by atoms with Gasteiger partial charge < -0.3 is 5.32 Å². The average molecular weight is 329 g/mol. The minimum atomic E-state index is -4.24. The van der Waals surface area contributed by atoms with Gasteiger partial charge in [-0.15, -0.1) is 0 Å². The summed E-state index contributed by atoms with van der Waals surface area (Å²) in [7, 11) is -4.24. The van der Waals surface area contributed by atoms with E-state index in [0.29, 0.717) is 6.42 Å². The highest BCUT2D eigenvalue weighted by Crippen LogP contribution is 2.31. The lowest BCUT2D eigenvalue weighted by atomic mass is 10.1. The van der Waals surface area contributed by atoms with E-state index in [2.05, 4.69) is 5.32 Å². The topological polar surface area (TPSA) is 92.5 Å². The lowest BCUT2D eigenvalue weighted by molar-refractivity contribution is -0.388. The van der Waals surface area contributed by atoms with Gasteiger partial charge in [-0.25, -0.2) is 12.8 Å². The maximum Gasteiger partial charge on any atom is 0.292 e. The molecule has 0 aliphatic carbocycles. The van der Waals surface area contributed by atoms with Gasteiger partial charge >= 0.3 is 0 Å². The molecule has 120 valence electrons. The first-order valence-corrected chi connectivity index (χ1v) is 8.52. The van der Waals surface area contributed by atoms with Gasteiger partial charge in [-0.3, -0.25) is 10.1 Å². The third kappa shape index (κ3) is 2.59. The molecule has 0 aromatic heterocycles. The fourth-order valence-corrected chi connectivity index (χ4v) is 4.86. The predicted octanol–water partition coefficient (Wildman–Crippen LogP) is 1.25. The van der Waals surface area contributed by atoms with Crippen molar-refractivity contribution in [1.29, 1.82) is 0 Å². The maximum atomic E-state index is 14.0. The average Bonchev–Trinajstić information content (AvgIpc) is 2.76. The molecule has 3 rings (SSSR count). The van der Waals surface area contributed by atoms with Crippen LogP contribution in [0.5, 0.6) is 0 Å². The van der Waals surface area contributed by atoms with Crippen LogP contribution in [0.25, 0.3) is 0 Å². The zero-order valence-corrected chi connectivity index (χ0v) is 12.6. The molecule has 0 radical (unpaired) electrons. The van der Waals surface area contributed by atoms with Crippen LogP contribution in [-0.2, 0) is 10.0 Å². The SMILES string of the molecule is O=[N+]([O-])c1cccc(F)c1S(=O)(=O)N1CCC2CCC(C1)N2. The molecule has 0 amide bonds. The van der Waals surface area contributed by atoms with Crippen molar-refractivity contribution >= 4 is 15.7 Å². The van der Waals surface area contributed by atoms with E-state index in [1.165, 1.54) is 0 Å². The smallest absolute Gasteiger partial charge is 0.292 e. The van der Waals surface area contributed by atoms with Gasteiger partial charge in [0.2, 0.25) is 0 Å². The van der Waals surface area contributed by atoms with Crippen LogP contribution >= 0.6 is 0 Å². The second-order valence-electron chi connectivity index (χ2n) is 5.63.